The molecule has 0 saturated carbocycles. The average molecular weight is 474 g/mol. The van der Waals surface area contributed by atoms with Crippen molar-refractivity contribution in [2.45, 2.75) is 70.9 Å². The number of aromatic amines is 1. The summed E-state index contributed by atoms with van der Waals surface area (Å²) in [5, 5.41) is 10.7. The minimum Gasteiger partial charge on any atom is -0.396 e. The molecule has 1 unspecified atom stereocenters. The van der Waals surface area contributed by atoms with Gasteiger partial charge in [0.1, 0.15) is 5.69 Å². The molecule has 2 aliphatic rings. The SMILES string of the molecule is Cc1cccc(C)c1C1CCN(Cc2c(C(=O)N3CCCCC3CCO)[nH]c3ccccc23)CC1. The number of aromatic nitrogens is 1. The standard InChI is InChI=1S/C30H39N3O2/c1-21-8-7-9-22(2)28(21)23-13-17-32(18-14-23)20-26-25-11-3-4-12-27(25)31-29(26)30(35)33-16-6-5-10-24(33)15-19-34/h3-4,7-9,11-12,23-24,31,34H,5-6,10,13-20H2,1-2H3. The second-order valence-corrected chi connectivity index (χ2v) is 10.5. The zero-order chi connectivity index (χ0) is 24.4. The van der Waals surface area contributed by atoms with Crippen LogP contribution in [0.25, 0.3) is 10.9 Å². The van der Waals surface area contributed by atoms with Crippen LogP contribution in [0.1, 0.15) is 77.2 Å². The number of piperidine rings is 2. The zero-order valence-electron chi connectivity index (χ0n) is 21.2. The van der Waals surface area contributed by atoms with Gasteiger partial charge in [-0.05, 0) is 94.1 Å². The second-order valence-electron chi connectivity index (χ2n) is 10.5. The number of hydrogen-bond donors (Lipinski definition) is 2. The molecule has 0 radical (unpaired) electrons. The van der Waals surface area contributed by atoms with E-state index in [4.69, 9.17) is 0 Å². The summed E-state index contributed by atoms with van der Waals surface area (Å²) in [4.78, 5) is 21.8. The van der Waals surface area contributed by atoms with E-state index in [2.05, 4.69) is 60.1 Å². The molecule has 1 aromatic heterocycles. The molecule has 35 heavy (non-hydrogen) atoms. The monoisotopic (exact) mass is 473 g/mol. The molecule has 3 heterocycles. The van der Waals surface area contributed by atoms with Gasteiger partial charge >= 0.3 is 0 Å². The van der Waals surface area contributed by atoms with Gasteiger partial charge in [0.05, 0.1) is 0 Å². The van der Waals surface area contributed by atoms with E-state index in [1.165, 1.54) is 16.7 Å². The van der Waals surface area contributed by atoms with Crippen LogP contribution in [0.5, 0.6) is 0 Å². The highest BCUT2D eigenvalue weighted by Gasteiger charge is 2.31. The van der Waals surface area contributed by atoms with Crippen LogP contribution in [-0.4, -0.2) is 58.1 Å². The molecule has 3 aromatic rings. The number of aryl methyl sites for hydroxylation is 2. The molecule has 1 atom stereocenters. The number of benzene rings is 2. The van der Waals surface area contributed by atoms with E-state index in [9.17, 15) is 9.90 Å². The van der Waals surface area contributed by atoms with Crippen LogP contribution in [0.15, 0.2) is 42.5 Å². The Kier molecular flexibility index (Phi) is 7.26. The van der Waals surface area contributed by atoms with Crippen molar-refractivity contribution in [1.29, 1.82) is 0 Å². The molecule has 186 valence electrons. The quantitative estimate of drug-likeness (QED) is 0.494. The molecule has 2 N–H and O–H groups in total. The summed E-state index contributed by atoms with van der Waals surface area (Å²) in [6, 6.07) is 15.1. The molecular weight excluding hydrogens is 434 g/mol. The van der Waals surface area contributed by atoms with Crippen molar-refractivity contribution >= 4 is 16.8 Å². The van der Waals surface area contributed by atoms with Crippen molar-refractivity contribution in [1.82, 2.24) is 14.8 Å². The van der Waals surface area contributed by atoms with Crippen LogP contribution in [0.3, 0.4) is 0 Å². The highest BCUT2D eigenvalue weighted by atomic mass is 16.3. The summed E-state index contributed by atoms with van der Waals surface area (Å²) >= 11 is 0. The number of likely N-dealkylation sites (tertiary alicyclic amines) is 2. The van der Waals surface area contributed by atoms with Crippen molar-refractivity contribution in [2.75, 3.05) is 26.2 Å². The molecule has 2 aromatic carbocycles. The fourth-order valence-electron chi connectivity index (χ4n) is 6.48. The smallest absolute Gasteiger partial charge is 0.270 e. The Morgan fingerprint density at radius 2 is 1.71 bits per heavy atom. The Balaban J connectivity index is 1.37. The molecular formula is C30H39N3O2. The lowest BCUT2D eigenvalue weighted by molar-refractivity contribution is 0.0567. The highest BCUT2D eigenvalue weighted by Crippen LogP contribution is 2.34. The van der Waals surface area contributed by atoms with Gasteiger partial charge in [0.2, 0.25) is 0 Å². The van der Waals surface area contributed by atoms with Gasteiger partial charge < -0.3 is 15.0 Å². The van der Waals surface area contributed by atoms with Crippen LogP contribution in [-0.2, 0) is 6.54 Å². The Morgan fingerprint density at radius 3 is 2.46 bits per heavy atom. The number of rotatable bonds is 6. The lowest BCUT2D eigenvalue weighted by Crippen LogP contribution is -2.44. The summed E-state index contributed by atoms with van der Waals surface area (Å²) in [7, 11) is 0. The predicted molar refractivity (Wildman–Crippen MR) is 142 cm³/mol. The van der Waals surface area contributed by atoms with Gasteiger partial charge in [0.25, 0.3) is 5.91 Å². The lowest BCUT2D eigenvalue weighted by atomic mass is 9.84. The zero-order valence-corrected chi connectivity index (χ0v) is 21.2. The number of carbonyl (C=O) groups excluding carboxylic acids is 1. The van der Waals surface area contributed by atoms with Crippen LogP contribution in [0.4, 0.5) is 0 Å². The van der Waals surface area contributed by atoms with Gasteiger partial charge in [-0.1, -0.05) is 36.4 Å². The minimum absolute atomic E-state index is 0.0970. The molecule has 0 aliphatic carbocycles. The lowest BCUT2D eigenvalue weighted by Gasteiger charge is -2.36. The Hall–Kier alpha value is -2.63. The molecule has 0 bridgehead atoms. The van der Waals surface area contributed by atoms with E-state index in [1.807, 2.05) is 11.0 Å². The highest BCUT2D eigenvalue weighted by molar-refractivity contribution is 6.01. The van der Waals surface area contributed by atoms with Crippen molar-refractivity contribution in [3.63, 3.8) is 0 Å². The maximum Gasteiger partial charge on any atom is 0.270 e. The third kappa shape index (κ3) is 4.89. The first-order valence-corrected chi connectivity index (χ1v) is 13.4. The summed E-state index contributed by atoms with van der Waals surface area (Å²) in [5.41, 5.74) is 7.26. The third-order valence-electron chi connectivity index (χ3n) is 8.30. The molecule has 2 fully saturated rings. The van der Waals surface area contributed by atoms with Crippen molar-refractivity contribution in [3.05, 3.63) is 70.4 Å². The van der Waals surface area contributed by atoms with Crippen LogP contribution in [0, 0.1) is 13.8 Å². The van der Waals surface area contributed by atoms with E-state index >= 15 is 0 Å². The van der Waals surface area contributed by atoms with Crippen molar-refractivity contribution in [2.24, 2.45) is 0 Å². The topological polar surface area (TPSA) is 59.6 Å². The average Bonchev–Trinajstić information content (AvgIpc) is 3.23. The van der Waals surface area contributed by atoms with Crippen molar-refractivity contribution < 1.29 is 9.90 Å². The normalized spacial score (nSPS) is 20.0. The van der Waals surface area contributed by atoms with Crippen molar-refractivity contribution in [3.8, 4) is 0 Å². The molecule has 2 aliphatic heterocycles. The predicted octanol–water partition coefficient (Wildman–Crippen LogP) is 5.54. The molecule has 5 nitrogen and oxygen atoms in total. The number of fused-ring (bicyclic) bond motifs is 1. The Labute approximate surface area is 209 Å². The number of H-pyrrole nitrogens is 1. The molecule has 5 heteroatoms. The first-order chi connectivity index (χ1) is 17.1. The summed E-state index contributed by atoms with van der Waals surface area (Å²) in [6.45, 7) is 8.27. The van der Waals surface area contributed by atoms with Gasteiger partial charge in [-0.3, -0.25) is 9.69 Å². The van der Waals surface area contributed by atoms with E-state index in [-0.39, 0.29) is 18.6 Å². The number of amides is 1. The van der Waals surface area contributed by atoms with E-state index < -0.39 is 0 Å². The molecule has 2 saturated heterocycles. The van der Waals surface area contributed by atoms with E-state index in [0.29, 0.717) is 12.3 Å². The fraction of sp³-hybridized carbons (Fsp3) is 0.500. The Morgan fingerprint density at radius 1 is 0.971 bits per heavy atom. The van der Waals surface area contributed by atoms with Gasteiger partial charge in [-0.25, -0.2) is 0 Å². The number of aliphatic hydroxyl groups excluding tert-OH is 1. The maximum atomic E-state index is 13.8. The summed E-state index contributed by atoms with van der Waals surface area (Å²) < 4.78 is 0. The summed E-state index contributed by atoms with van der Waals surface area (Å²) in [6.07, 6.45) is 6.11. The third-order valence-corrected chi connectivity index (χ3v) is 8.30. The van der Waals surface area contributed by atoms with E-state index in [1.54, 1.807) is 0 Å². The maximum absolute atomic E-state index is 13.8. The number of carbonyl (C=O) groups is 1. The number of nitrogens with zero attached hydrogens (tertiary/aromatic N) is 2. The largest absolute Gasteiger partial charge is 0.396 e. The first-order valence-electron chi connectivity index (χ1n) is 13.4. The summed E-state index contributed by atoms with van der Waals surface area (Å²) in [5.74, 6) is 0.712. The van der Waals surface area contributed by atoms with Crippen LogP contribution < -0.4 is 0 Å². The minimum atomic E-state index is 0.0970. The number of para-hydroxylation sites is 1. The first kappa shape index (κ1) is 24.1. The Bertz CT molecular complexity index is 1150. The van der Waals surface area contributed by atoms with Crippen LogP contribution in [0.2, 0.25) is 0 Å². The molecule has 0 spiro atoms. The van der Waals surface area contributed by atoms with Crippen LogP contribution >= 0.6 is 0 Å². The van der Waals surface area contributed by atoms with Gasteiger partial charge in [-0.2, -0.15) is 0 Å². The second kappa shape index (κ2) is 10.5. The number of nitrogens with one attached hydrogen (secondary N) is 1. The molecule has 5 rings (SSSR count). The number of aliphatic hydroxyl groups is 1. The molecule has 1 amide bonds. The van der Waals surface area contributed by atoms with Gasteiger partial charge in [0, 0.05) is 42.2 Å². The van der Waals surface area contributed by atoms with Gasteiger partial charge in [-0.15, -0.1) is 0 Å². The van der Waals surface area contributed by atoms with E-state index in [0.717, 1.165) is 80.4 Å². The van der Waals surface area contributed by atoms with Gasteiger partial charge in [0.15, 0.2) is 0 Å². The number of hydrogen-bond acceptors (Lipinski definition) is 3. The fourth-order valence-corrected chi connectivity index (χ4v) is 6.48.